The van der Waals surface area contributed by atoms with Crippen LogP contribution in [0.25, 0.3) is 0 Å². The molecule has 0 rings (SSSR count). The van der Waals surface area contributed by atoms with Crippen molar-refractivity contribution in [2.45, 2.75) is 40.2 Å². The number of rotatable bonds is 4. The minimum atomic E-state index is -0.0242. The Morgan fingerprint density at radius 1 is 1.00 bits per heavy atom. The second kappa shape index (κ2) is 4.43. The van der Waals surface area contributed by atoms with Gasteiger partial charge in [0.2, 0.25) is 0 Å². The first-order valence-electron chi connectivity index (χ1n) is 4.91. The van der Waals surface area contributed by atoms with Crippen molar-refractivity contribution in [2.24, 2.45) is 5.41 Å². The summed E-state index contributed by atoms with van der Waals surface area (Å²) in [4.78, 5) is 2.20. The topological polar surface area (TPSA) is 12.5 Å². The Bertz CT molecular complexity index is 145. The van der Waals surface area contributed by atoms with Gasteiger partial charge >= 0.3 is 0 Å². The van der Waals surface area contributed by atoms with Crippen molar-refractivity contribution in [1.29, 1.82) is 0 Å². The number of hydrogen-bond donors (Lipinski definition) is 0. The Hall–Kier alpha value is -0.0800. The van der Waals surface area contributed by atoms with E-state index in [-0.39, 0.29) is 11.0 Å². The molecular weight excluding hydrogens is 162 g/mol. The van der Waals surface area contributed by atoms with Gasteiger partial charge in [0.25, 0.3) is 0 Å². The molecule has 0 heterocycles. The van der Waals surface area contributed by atoms with Crippen molar-refractivity contribution < 1.29 is 4.74 Å². The van der Waals surface area contributed by atoms with Gasteiger partial charge in [-0.05, 0) is 34.9 Å². The molecule has 0 fully saturated rings. The Kier molecular flexibility index (Phi) is 4.40. The molecule has 0 spiro atoms. The summed E-state index contributed by atoms with van der Waals surface area (Å²) < 4.78 is 5.77. The summed E-state index contributed by atoms with van der Waals surface area (Å²) >= 11 is 0. The fourth-order valence-corrected chi connectivity index (χ4v) is 1.31. The number of hydrogen-bond acceptors (Lipinski definition) is 2. The monoisotopic (exact) mass is 187 g/mol. The third-order valence-corrected chi connectivity index (χ3v) is 1.64. The summed E-state index contributed by atoms with van der Waals surface area (Å²) in [5, 5.41) is 0. The zero-order valence-corrected chi connectivity index (χ0v) is 10.3. The first-order valence-corrected chi connectivity index (χ1v) is 4.91. The third-order valence-electron chi connectivity index (χ3n) is 1.64. The zero-order chi connectivity index (χ0) is 10.7. The van der Waals surface area contributed by atoms with E-state index in [4.69, 9.17) is 4.74 Å². The predicted octanol–water partition coefficient (Wildman–Crippen LogP) is 2.39. The first kappa shape index (κ1) is 12.9. The van der Waals surface area contributed by atoms with Gasteiger partial charge in [-0.25, -0.2) is 0 Å². The molecule has 0 aromatic rings. The van der Waals surface area contributed by atoms with E-state index < -0.39 is 0 Å². The summed E-state index contributed by atoms with van der Waals surface area (Å²) in [5.41, 5.74) is 0.209. The fourth-order valence-electron chi connectivity index (χ4n) is 1.31. The van der Waals surface area contributed by atoms with Crippen LogP contribution < -0.4 is 0 Å². The minimum absolute atomic E-state index is 0.0242. The second-order valence-electron chi connectivity index (χ2n) is 5.80. The van der Waals surface area contributed by atoms with Crippen LogP contribution in [0.15, 0.2) is 0 Å². The van der Waals surface area contributed by atoms with Gasteiger partial charge in [-0.1, -0.05) is 13.8 Å². The molecule has 0 N–H and O–H groups in total. The molecule has 13 heavy (non-hydrogen) atoms. The van der Waals surface area contributed by atoms with Crippen LogP contribution in [-0.2, 0) is 4.74 Å². The Labute approximate surface area is 83.3 Å². The summed E-state index contributed by atoms with van der Waals surface area (Å²) in [5.74, 6) is 0. The lowest BCUT2D eigenvalue weighted by Crippen LogP contribution is -2.35. The standard InChI is InChI=1S/C11H25NO/c1-10(2,3)13-9-11(4,5)8-12(6)7/h8-9H2,1-7H3. The molecule has 0 aliphatic carbocycles. The number of nitrogens with zero attached hydrogens (tertiary/aromatic N) is 1. The van der Waals surface area contributed by atoms with E-state index in [0.29, 0.717) is 0 Å². The summed E-state index contributed by atoms with van der Waals surface area (Å²) in [6, 6.07) is 0. The lowest BCUT2D eigenvalue weighted by atomic mass is 9.94. The van der Waals surface area contributed by atoms with E-state index >= 15 is 0 Å². The number of ether oxygens (including phenoxy) is 1. The van der Waals surface area contributed by atoms with Gasteiger partial charge in [-0.15, -0.1) is 0 Å². The molecule has 0 bridgehead atoms. The maximum absolute atomic E-state index is 5.77. The molecule has 0 aromatic heterocycles. The highest BCUT2D eigenvalue weighted by Crippen LogP contribution is 2.19. The largest absolute Gasteiger partial charge is 0.375 e. The Morgan fingerprint density at radius 3 is 1.77 bits per heavy atom. The Balaban J connectivity index is 3.89. The van der Waals surface area contributed by atoms with Crippen LogP contribution in [0.3, 0.4) is 0 Å². The quantitative estimate of drug-likeness (QED) is 0.670. The van der Waals surface area contributed by atoms with Crippen molar-refractivity contribution in [2.75, 3.05) is 27.2 Å². The molecule has 0 aliphatic heterocycles. The van der Waals surface area contributed by atoms with Crippen LogP contribution in [0, 0.1) is 5.41 Å². The maximum Gasteiger partial charge on any atom is 0.0598 e. The van der Waals surface area contributed by atoms with E-state index in [2.05, 4.69) is 53.6 Å². The van der Waals surface area contributed by atoms with Crippen LogP contribution in [-0.4, -0.2) is 37.7 Å². The van der Waals surface area contributed by atoms with Crippen molar-refractivity contribution in [1.82, 2.24) is 4.90 Å². The minimum Gasteiger partial charge on any atom is -0.375 e. The van der Waals surface area contributed by atoms with Gasteiger partial charge in [0, 0.05) is 12.0 Å². The van der Waals surface area contributed by atoms with Gasteiger partial charge in [-0.2, -0.15) is 0 Å². The highest BCUT2D eigenvalue weighted by Gasteiger charge is 2.22. The molecular formula is C11H25NO. The van der Waals surface area contributed by atoms with Crippen LogP contribution in [0.4, 0.5) is 0 Å². The fraction of sp³-hybridized carbons (Fsp3) is 1.00. The molecule has 0 radical (unpaired) electrons. The van der Waals surface area contributed by atoms with Gasteiger partial charge in [0.1, 0.15) is 0 Å². The van der Waals surface area contributed by atoms with E-state index in [1.807, 2.05) is 0 Å². The average molecular weight is 187 g/mol. The predicted molar refractivity (Wildman–Crippen MR) is 58.0 cm³/mol. The van der Waals surface area contributed by atoms with Crippen LogP contribution in [0.1, 0.15) is 34.6 Å². The molecule has 2 nitrogen and oxygen atoms in total. The normalized spacial score (nSPS) is 13.8. The van der Waals surface area contributed by atoms with Crippen LogP contribution >= 0.6 is 0 Å². The lowest BCUT2D eigenvalue weighted by Gasteiger charge is -2.31. The molecule has 2 heteroatoms. The molecule has 0 saturated carbocycles. The highest BCUT2D eigenvalue weighted by molar-refractivity contribution is 4.72. The summed E-state index contributed by atoms with van der Waals surface area (Å²) in [6.07, 6.45) is 0. The zero-order valence-electron chi connectivity index (χ0n) is 10.3. The van der Waals surface area contributed by atoms with E-state index in [1.165, 1.54) is 0 Å². The second-order valence-corrected chi connectivity index (χ2v) is 5.80. The Morgan fingerprint density at radius 2 is 1.46 bits per heavy atom. The molecule has 80 valence electrons. The van der Waals surface area contributed by atoms with E-state index in [1.54, 1.807) is 0 Å². The van der Waals surface area contributed by atoms with E-state index in [9.17, 15) is 0 Å². The van der Waals surface area contributed by atoms with Gasteiger partial charge < -0.3 is 9.64 Å². The smallest absolute Gasteiger partial charge is 0.0598 e. The van der Waals surface area contributed by atoms with Gasteiger partial charge in [0.05, 0.1) is 12.2 Å². The first-order chi connectivity index (χ1) is 5.62. The van der Waals surface area contributed by atoms with Crippen molar-refractivity contribution >= 4 is 0 Å². The average Bonchev–Trinajstić information content (AvgIpc) is 1.79. The van der Waals surface area contributed by atoms with E-state index in [0.717, 1.165) is 13.2 Å². The van der Waals surface area contributed by atoms with Crippen molar-refractivity contribution in [3.8, 4) is 0 Å². The molecule has 0 saturated heterocycles. The molecule has 0 unspecified atom stereocenters. The van der Waals surface area contributed by atoms with Crippen molar-refractivity contribution in [3.63, 3.8) is 0 Å². The van der Waals surface area contributed by atoms with Crippen molar-refractivity contribution in [3.05, 3.63) is 0 Å². The van der Waals surface area contributed by atoms with Crippen LogP contribution in [0.5, 0.6) is 0 Å². The summed E-state index contributed by atoms with van der Waals surface area (Å²) in [7, 11) is 4.19. The molecule has 0 amide bonds. The molecule has 0 aromatic carbocycles. The summed E-state index contributed by atoms with van der Waals surface area (Å²) in [6.45, 7) is 12.6. The highest BCUT2D eigenvalue weighted by atomic mass is 16.5. The molecule has 0 aliphatic rings. The maximum atomic E-state index is 5.77. The van der Waals surface area contributed by atoms with Gasteiger partial charge in [0.15, 0.2) is 0 Å². The van der Waals surface area contributed by atoms with Crippen LogP contribution in [0.2, 0.25) is 0 Å². The lowest BCUT2D eigenvalue weighted by molar-refractivity contribution is -0.0478. The SMILES string of the molecule is CN(C)CC(C)(C)COC(C)(C)C. The molecule has 0 atom stereocenters. The van der Waals surface area contributed by atoms with Gasteiger partial charge in [-0.3, -0.25) is 0 Å². The third kappa shape index (κ3) is 8.26.